The van der Waals surface area contributed by atoms with Crippen molar-refractivity contribution < 1.29 is 9.53 Å². The lowest BCUT2D eigenvalue weighted by atomic mass is 10.1. The lowest BCUT2D eigenvalue weighted by Crippen LogP contribution is -2.29. The second-order valence-electron chi connectivity index (χ2n) is 7.35. The van der Waals surface area contributed by atoms with E-state index in [1.54, 1.807) is 49.6 Å². The molecular formula is C25H22ClN3O3S. The summed E-state index contributed by atoms with van der Waals surface area (Å²) in [6.07, 6.45) is 0. The summed E-state index contributed by atoms with van der Waals surface area (Å²) in [7, 11) is 1.60. The minimum absolute atomic E-state index is 0.0881. The summed E-state index contributed by atoms with van der Waals surface area (Å²) in [6, 6.07) is 21.5. The molecule has 6 nitrogen and oxygen atoms in total. The van der Waals surface area contributed by atoms with E-state index in [1.165, 1.54) is 16.3 Å². The molecule has 0 saturated heterocycles. The molecule has 0 aliphatic rings. The average Bonchev–Trinajstić information content (AvgIpc) is 2.82. The van der Waals surface area contributed by atoms with Gasteiger partial charge in [-0.2, -0.15) is 0 Å². The molecular weight excluding hydrogens is 458 g/mol. The van der Waals surface area contributed by atoms with Crippen molar-refractivity contribution in [1.82, 2.24) is 14.9 Å². The molecule has 3 aromatic carbocycles. The first-order valence-corrected chi connectivity index (χ1v) is 11.7. The lowest BCUT2D eigenvalue weighted by Gasteiger charge is -2.17. The number of methoxy groups -OCH3 is 1. The Morgan fingerprint density at radius 3 is 2.67 bits per heavy atom. The van der Waals surface area contributed by atoms with E-state index in [-0.39, 0.29) is 23.3 Å². The van der Waals surface area contributed by atoms with Gasteiger partial charge in [-0.25, -0.2) is 4.98 Å². The van der Waals surface area contributed by atoms with E-state index < -0.39 is 0 Å². The van der Waals surface area contributed by atoms with Crippen LogP contribution < -0.4 is 15.6 Å². The first-order valence-electron chi connectivity index (χ1n) is 10.3. The van der Waals surface area contributed by atoms with Crippen molar-refractivity contribution in [1.29, 1.82) is 0 Å². The Labute approximate surface area is 200 Å². The molecule has 0 saturated carbocycles. The summed E-state index contributed by atoms with van der Waals surface area (Å²) in [6.45, 7) is 1.90. The molecule has 0 aliphatic heterocycles. The van der Waals surface area contributed by atoms with Crippen LogP contribution in [-0.2, 0) is 4.79 Å². The molecule has 8 heteroatoms. The molecule has 0 spiro atoms. The molecule has 0 fully saturated rings. The molecule has 1 aromatic heterocycles. The summed E-state index contributed by atoms with van der Waals surface area (Å²) < 4.78 is 6.89. The Balaban J connectivity index is 1.61. The van der Waals surface area contributed by atoms with Crippen LogP contribution in [0.1, 0.15) is 18.5 Å². The topological polar surface area (TPSA) is 73.2 Å². The third kappa shape index (κ3) is 5.05. The number of hydrogen-bond donors (Lipinski definition) is 1. The molecule has 1 unspecified atom stereocenters. The van der Waals surface area contributed by atoms with Gasteiger partial charge in [0.2, 0.25) is 5.91 Å². The van der Waals surface area contributed by atoms with E-state index in [4.69, 9.17) is 16.3 Å². The zero-order valence-electron chi connectivity index (χ0n) is 18.1. The molecule has 0 aliphatic carbocycles. The van der Waals surface area contributed by atoms with Crippen LogP contribution in [0.3, 0.4) is 0 Å². The van der Waals surface area contributed by atoms with Gasteiger partial charge in [0, 0.05) is 10.6 Å². The van der Waals surface area contributed by atoms with Gasteiger partial charge in [-0.1, -0.05) is 59.8 Å². The highest BCUT2D eigenvalue weighted by atomic mass is 35.5. The maximum absolute atomic E-state index is 13.3. The van der Waals surface area contributed by atoms with Crippen LogP contribution in [0.2, 0.25) is 5.02 Å². The number of rotatable bonds is 7. The number of amides is 1. The molecule has 168 valence electrons. The Morgan fingerprint density at radius 2 is 1.88 bits per heavy atom. The predicted molar refractivity (Wildman–Crippen MR) is 133 cm³/mol. The Bertz CT molecular complexity index is 1370. The number of benzene rings is 3. The molecule has 1 amide bonds. The number of thioether (sulfide) groups is 1. The van der Waals surface area contributed by atoms with E-state index in [1.807, 2.05) is 37.3 Å². The van der Waals surface area contributed by atoms with Crippen LogP contribution in [0.15, 0.2) is 82.7 Å². The second kappa shape index (κ2) is 10.1. The standard InChI is InChI=1S/C25H22ClN3O3S/c1-16(19-10-4-6-13-22(19)32-2)27-23(30)15-33-25-28-21-12-5-3-11-20(21)24(31)29(25)18-9-7-8-17(26)14-18/h3-14,16H,15H2,1-2H3,(H,27,30). The fourth-order valence-corrected chi connectivity index (χ4v) is 4.58. The Hall–Kier alpha value is -3.29. The van der Waals surface area contributed by atoms with E-state index in [9.17, 15) is 9.59 Å². The number of aromatic nitrogens is 2. The Morgan fingerprint density at radius 1 is 1.12 bits per heavy atom. The molecule has 33 heavy (non-hydrogen) atoms. The third-order valence-corrected chi connectivity index (χ3v) is 6.30. The van der Waals surface area contributed by atoms with Crippen LogP contribution in [0.4, 0.5) is 0 Å². The van der Waals surface area contributed by atoms with Gasteiger partial charge in [-0.15, -0.1) is 0 Å². The number of nitrogens with zero attached hydrogens (tertiary/aromatic N) is 2. The van der Waals surface area contributed by atoms with Crippen molar-refractivity contribution in [2.45, 2.75) is 18.1 Å². The summed E-state index contributed by atoms with van der Waals surface area (Å²) >= 11 is 7.37. The van der Waals surface area contributed by atoms with Crippen molar-refractivity contribution in [3.05, 3.63) is 93.7 Å². The third-order valence-electron chi connectivity index (χ3n) is 5.13. The van der Waals surface area contributed by atoms with Gasteiger partial charge in [-0.05, 0) is 43.3 Å². The van der Waals surface area contributed by atoms with E-state index in [0.29, 0.717) is 32.5 Å². The quantitative estimate of drug-likeness (QED) is 0.298. The minimum Gasteiger partial charge on any atom is -0.496 e. The van der Waals surface area contributed by atoms with Gasteiger partial charge in [0.15, 0.2) is 5.16 Å². The zero-order chi connectivity index (χ0) is 23.4. The molecule has 0 radical (unpaired) electrons. The number of carbonyl (C=O) groups excluding carboxylic acids is 1. The van der Waals surface area contributed by atoms with Crippen LogP contribution in [0.25, 0.3) is 16.6 Å². The van der Waals surface area contributed by atoms with Gasteiger partial charge < -0.3 is 10.1 Å². The van der Waals surface area contributed by atoms with Gasteiger partial charge >= 0.3 is 0 Å². The Kier molecular flexibility index (Phi) is 7.01. The summed E-state index contributed by atoms with van der Waals surface area (Å²) in [5.41, 5.74) is 1.84. The van der Waals surface area contributed by atoms with Crippen molar-refractivity contribution >= 4 is 40.2 Å². The number of ether oxygens (including phenoxy) is 1. The molecule has 1 N–H and O–H groups in total. The number of nitrogens with one attached hydrogen (secondary N) is 1. The SMILES string of the molecule is COc1ccccc1C(C)NC(=O)CSc1nc2ccccc2c(=O)n1-c1cccc(Cl)c1. The van der Waals surface area contributed by atoms with Gasteiger partial charge in [-0.3, -0.25) is 14.2 Å². The number of para-hydroxylation sites is 2. The highest BCUT2D eigenvalue weighted by Gasteiger charge is 2.17. The van der Waals surface area contributed by atoms with Crippen LogP contribution >= 0.6 is 23.4 Å². The minimum atomic E-state index is -0.242. The van der Waals surface area contributed by atoms with Crippen molar-refractivity contribution in [3.8, 4) is 11.4 Å². The number of hydrogen-bond acceptors (Lipinski definition) is 5. The predicted octanol–water partition coefficient (Wildman–Crippen LogP) is 5.02. The van der Waals surface area contributed by atoms with Crippen molar-refractivity contribution in [2.75, 3.05) is 12.9 Å². The highest BCUT2D eigenvalue weighted by Crippen LogP contribution is 2.26. The summed E-state index contributed by atoms with van der Waals surface area (Å²) in [5, 5.41) is 4.41. The second-order valence-corrected chi connectivity index (χ2v) is 8.73. The van der Waals surface area contributed by atoms with Gasteiger partial charge in [0.1, 0.15) is 5.75 Å². The highest BCUT2D eigenvalue weighted by molar-refractivity contribution is 7.99. The van der Waals surface area contributed by atoms with E-state index >= 15 is 0 Å². The molecule has 4 rings (SSSR count). The fourth-order valence-electron chi connectivity index (χ4n) is 3.57. The van der Waals surface area contributed by atoms with Crippen LogP contribution in [0, 0.1) is 0 Å². The summed E-state index contributed by atoms with van der Waals surface area (Å²) in [4.78, 5) is 30.7. The molecule has 1 atom stereocenters. The van der Waals surface area contributed by atoms with Crippen molar-refractivity contribution in [2.24, 2.45) is 0 Å². The molecule has 4 aromatic rings. The smallest absolute Gasteiger partial charge is 0.266 e. The average molecular weight is 480 g/mol. The van der Waals surface area contributed by atoms with Gasteiger partial charge in [0.05, 0.1) is 35.5 Å². The fraction of sp³-hybridized carbons (Fsp3) is 0.160. The molecule has 1 heterocycles. The van der Waals surface area contributed by atoms with E-state index in [2.05, 4.69) is 10.3 Å². The van der Waals surface area contributed by atoms with Gasteiger partial charge in [0.25, 0.3) is 5.56 Å². The van der Waals surface area contributed by atoms with Crippen molar-refractivity contribution in [3.63, 3.8) is 0 Å². The maximum atomic E-state index is 13.3. The number of fused-ring (bicyclic) bond motifs is 1. The number of carbonyl (C=O) groups is 1. The molecule has 0 bridgehead atoms. The normalized spacial score (nSPS) is 11.8. The first kappa shape index (κ1) is 22.9. The monoisotopic (exact) mass is 479 g/mol. The maximum Gasteiger partial charge on any atom is 0.266 e. The van der Waals surface area contributed by atoms with E-state index in [0.717, 1.165) is 5.56 Å². The number of halogens is 1. The first-order chi connectivity index (χ1) is 16.0. The lowest BCUT2D eigenvalue weighted by molar-refractivity contribution is -0.119. The largest absolute Gasteiger partial charge is 0.496 e. The zero-order valence-corrected chi connectivity index (χ0v) is 19.7. The summed E-state index contributed by atoms with van der Waals surface area (Å²) in [5.74, 6) is 0.618. The van der Waals surface area contributed by atoms with Crippen LogP contribution in [0.5, 0.6) is 5.75 Å². The van der Waals surface area contributed by atoms with Crippen LogP contribution in [-0.4, -0.2) is 28.3 Å².